The molecule has 1 heterocycles. The Hall–Kier alpha value is -1.41. The van der Waals surface area contributed by atoms with Crippen molar-refractivity contribution in [3.63, 3.8) is 0 Å². The molecule has 1 aromatic heterocycles. The van der Waals surface area contributed by atoms with Gasteiger partial charge in [-0.2, -0.15) is 0 Å². The summed E-state index contributed by atoms with van der Waals surface area (Å²) in [5.74, 6) is -0.317. The SMILES string of the molecule is C=Cc1cc(Cl)c2ccc(F)cc2n1. The van der Waals surface area contributed by atoms with Crippen LogP contribution in [0.5, 0.6) is 0 Å². The van der Waals surface area contributed by atoms with Crippen molar-refractivity contribution in [3.8, 4) is 0 Å². The standard InChI is InChI=1S/C11H7ClFN/c1-2-8-6-10(12)9-4-3-7(13)5-11(9)14-8/h2-6H,1H2. The lowest BCUT2D eigenvalue weighted by molar-refractivity contribution is 0.629. The third kappa shape index (κ3) is 1.49. The molecule has 0 radical (unpaired) electrons. The van der Waals surface area contributed by atoms with Crippen LogP contribution < -0.4 is 0 Å². The fourth-order valence-corrected chi connectivity index (χ4v) is 1.55. The lowest BCUT2D eigenvalue weighted by Crippen LogP contribution is -1.85. The van der Waals surface area contributed by atoms with Crippen molar-refractivity contribution in [1.82, 2.24) is 4.98 Å². The van der Waals surface area contributed by atoms with E-state index in [1.54, 1.807) is 18.2 Å². The Morgan fingerprint density at radius 2 is 2.14 bits per heavy atom. The van der Waals surface area contributed by atoms with Gasteiger partial charge in [-0.25, -0.2) is 9.37 Å². The van der Waals surface area contributed by atoms with Crippen molar-refractivity contribution in [3.05, 3.63) is 47.4 Å². The first-order valence-corrected chi connectivity index (χ1v) is 4.47. The van der Waals surface area contributed by atoms with Gasteiger partial charge in [0, 0.05) is 11.5 Å². The molecule has 2 aromatic rings. The molecule has 1 aromatic carbocycles. The van der Waals surface area contributed by atoms with Gasteiger partial charge in [0.05, 0.1) is 16.2 Å². The molecule has 0 unspecified atom stereocenters. The van der Waals surface area contributed by atoms with Crippen molar-refractivity contribution in [2.45, 2.75) is 0 Å². The first kappa shape index (κ1) is 9.16. The highest BCUT2D eigenvalue weighted by molar-refractivity contribution is 6.35. The number of halogens is 2. The number of nitrogens with zero attached hydrogens (tertiary/aromatic N) is 1. The van der Waals surface area contributed by atoms with Gasteiger partial charge in [0.15, 0.2) is 0 Å². The number of aromatic nitrogens is 1. The van der Waals surface area contributed by atoms with Crippen LogP contribution >= 0.6 is 11.6 Å². The molecular weight excluding hydrogens is 201 g/mol. The van der Waals surface area contributed by atoms with Gasteiger partial charge in [0.2, 0.25) is 0 Å². The second-order valence-corrected chi connectivity index (χ2v) is 3.30. The van der Waals surface area contributed by atoms with Crippen LogP contribution in [0.1, 0.15) is 5.69 Å². The van der Waals surface area contributed by atoms with Crippen molar-refractivity contribution < 1.29 is 4.39 Å². The number of pyridine rings is 1. The van der Waals surface area contributed by atoms with E-state index < -0.39 is 0 Å². The van der Waals surface area contributed by atoms with Gasteiger partial charge in [0.25, 0.3) is 0 Å². The number of hydrogen-bond donors (Lipinski definition) is 0. The van der Waals surface area contributed by atoms with E-state index >= 15 is 0 Å². The van der Waals surface area contributed by atoms with E-state index in [1.165, 1.54) is 12.1 Å². The van der Waals surface area contributed by atoms with Gasteiger partial charge in [-0.15, -0.1) is 0 Å². The minimum Gasteiger partial charge on any atom is -0.248 e. The lowest BCUT2D eigenvalue weighted by atomic mass is 10.2. The zero-order chi connectivity index (χ0) is 10.1. The van der Waals surface area contributed by atoms with E-state index in [4.69, 9.17) is 11.6 Å². The molecule has 0 amide bonds. The molecule has 0 saturated carbocycles. The molecule has 0 fully saturated rings. The second-order valence-electron chi connectivity index (χ2n) is 2.89. The summed E-state index contributed by atoms with van der Waals surface area (Å²) in [6.07, 6.45) is 1.58. The Bertz CT molecular complexity index is 508. The van der Waals surface area contributed by atoms with Gasteiger partial charge in [-0.1, -0.05) is 18.2 Å². The van der Waals surface area contributed by atoms with Crippen LogP contribution in [0.2, 0.25) is 5.02 Å². The zero-order valence-electron chi connectivity index (χ0n) is 7.30. The predicted octanol–water partition coefficient (Wildman–Crippen LogP) is 3.67. The van der Waals surface area contributed by atoms with Crippen molar-refractivity contribution in [2.75, 3.05) is 0 Å². The summed E-state index contributed by atoms with van der Waals surface area (Å²) in [6, 6.07) is 6.04. The minimum absolute atomic E-state index is 0.317. The maximum Gasteiger partial charge on any atom is 0.125 e. The number of benzene rings is 1. The average Bonchev–Trinajstić information content (AvgIpc) is 2.16. The first-order valence-electron chi connectivity index (χ1n) is 4.09. The Labute approximate surface area is 85.8 Å². The average molecular weight is 208 g/mol. The summed E-state index contributed by atoms with van der Waals surface area (Å²) in [5, 5.41) is 1.31. The third-order valence-electron chi connectivity index (χ3n) is 1.95. The molecule has 3 heteroatoms. The van der Waals surface area contributed by atoms with E-state index in [0.29, 0.717) is 16.2 Å². The fourth-order valence-electron chi connectivity index (χ4n) is 1.28. The molecule has 14 heavy (non-hydrogen) atoms. The van der Waals surface area contributed by atoms with Gasteiger partial charge >= 0.3 is 0 Å². The highest BCUT2D eigenvalue weighted by atomic mass is 35.5. The Morgan fingerprint density at radius 1 is 1.36 bits per heavy atom. The quantitative estimate of drug-likeness (QED) is 0.695. The van der Waals surface area contributed by atoms with Crippen LogP contribution in [-0.2, 0) is 0 Å². The smallest absolute Gasteiger partial charge is 0.125 e. The number of rotatable bonds is 1. The fraction of sp³-hybridized carbons (Fsp3) is 0. The van der Waals surface area contributed by atoms with E-state index in [0.717, 1.165) is 5.39 Å². The summed E-state index contributed by atoms with van der Waals surface area (Å²) >= 11 is 5.98. The Kier molecular flexibility index (Phi) is 2.22. The summed E-state index contributed by atoms with van der Waals surface area (Å²) < 4.78 is 12.9. The summed E-state index contributed by atoms with van der Waals surface area (Å²) in [5.41, 5.74) is 1.19. The first-order chi connectivity index (χ1) is 6.70. The molecule has 1 nitrogen and oxygen atoms in total. The van der Waals surface area contributed by atoms with E-state index in [1.807, 2.05) is 0 Å². The summed E-state index contributed by atoms with van der Waals surface area (Å²) in [7, 11) is 0. The van der Waals surface area contributed by atoms with Crippen molar-refractivity contribution in [1.29, 1.82) is 0 Å². The molecule has 0 N–H and O–H groups in total. The Balaban J connectivity index is 2.83. The van der Waals surface area contributed by atoms with E-state index in [2.05, 4.69) is 11.6 Å². The monoisotopic (exact) mass is 207 g/mol. The van der Waals surface area contributed by atoms with Crippen molar-refractivity contribution >= 4 is 28.6 Å². The van der Waals surface area contributed by atoms with Crippen LogP contribution in [0.4, 0.5) is 4.39 Å². The van der Waals surface area contributed by atoms with E-state index in [9.17, 15) is 4.39 Å². The van der Waals surface area contributed by atoms with Gasteiger partial charge in [-0.3, -0.25) is 0 Å². The maximum atomic E-state index is 12.9. The highest BCUT2D eigenvalue weighted by Crippen LogP contribution is 2.23. The molecule has 0 spiro atoms. The molecule has 0 bridgehead atoms. The maximum absolute atomic E-state index is 12.9. The summed E-state index contributed by atoms with van der Waals surface area (Å²) in [4.78, 5) is 4.17. The van der Waals surface area contributed by atoms with Gasteiger partial charge < -0.3 is 0 Å². The molecule has 0 atom stereocenters. The van der Waals surface area contributed by atoms with Gasteiger partial charge in [0.1, 0.15) is 5.82 Å². The third-order valence-corrected chi connectivity index (χ3v) is 2.26. The van der Waals surface area contributed by atoms with E-state index in [-0.39, 0.29) is 5.82 Å². The van der Waals surface area contributed by atoms with Gasteiger partial charge in [-0.05, 0) is 24.3 Å². The molecule has 70 valence electrons. The van der Waals surface area contributed by atoms with Crippen LogP contribution in [0, 0.1) is 5.82 Å². The molecule has 2 rings (SSSR count). The van der Waals surface area contributed by atoms with Crippen LogP contribution in [0.25, 0.3) is 17.0 Å². The highest BCUT2D eigenvalue weighted by Gasteiger charge is 2.03. The summed E-state index contributed by atoms with van der Waals surface area (Å²) in [6.45, 7) is 3.59. The predicted molar refractivity (Wildman–Crippen MR) is 56.8 cm³/mol. The minimum atomic E-state index is -0.317. The molecule has 0 aliphatic carbocycles. The largest absolute Gasteiger partial charge is 0.248 e. The second kappa shape index (κ2) is 3.39. The number of fused-ring (bicyclic) bond motifs is 1. The molecule has 0 saturated heterocycles. The van der Waals surface area contributed by atoms with Crippen LogP contribution in [-0.4, -0.2) is 4.98 Å². The normalized spacial score (nSPS) is 10.4. The Morgan fingerprint density at radius 3 is 2.86 bits per heavy atom. The zero-order valence-corrected chi connectivity index (χ0v) is 8.05. The van der Waals surface area contributed by atoms with Crippen LogP contribution in [0.15, 0.2) is 30.8 Å². The van der Waals surface area contributed by atoms with Crippen molar-refractivity contribution in [2.24, 2.45) is 0 Å². The number of hydrogen-bond acceptors (Lipinski definition) is 1. The van der Waals surface area contributed by atoms with Crippen LogP contribution in [0.3, 0.4) is 0 Å². The lowest BCUT2D eigenvalue weighted by Gasteiger charge is -2.01. The molecular formula is C11H7ClFN. The topological polar surface area (TPSA) is 12.9 Å². The molecule has 0 aliphatic rings. The molecule has 0 aliphatic heterocycles.